The van der Waals surface area contributed by atoms with E-state index in [4.69, 9.17) is 4.74 Å². The van der Waals surface area contributed by atoms with E-state index in [1.165, 1.54) is 0 Å². The third-order valence-corrected chi connectivity index (χ3v) is 5.89. The van der Waals surface area contributed by atoms with Crippen LogP contribution in [0, 0.1) is 10.5 Å². The summed E-state index contributed by atoms with van der Waals surface area (Å²) in [5.74, 6) is -0.673. The number of imide groups is 1. The van der Waals surface area contributed by atoms with Gasteiger partial charge in [0.05, 0.1) is 15.1 Å². The summed E-state index contributed by atoms with van der Waals surface area (Å²) in [6.45, 7) is 3.74. The van der Waals surface area contributed by atoms with Crippen molar-refractivity contribution in [1.82, 2.24) is 4.90 Å². The molecule has 7 nitrogen and oxygen atoms in total. The minimum atomic E-state index is -0.537. The van der Waals surface area contributed by atoms with Gasteiger partial charge in [0.1, 0.15) is 6.54 Å². The Hall–Kier alpha value is -2.53. The fourth-order valence-corrected chi connectivity index (χ4v) is 4.18. The van der Waals surface area contributed by atoms with Gasteiger partial charge in [-0.2, -0.15) is 0 Å². The van der Waals surface area contributed by atoms with Crippen molar-refractivity contribution in [2.45, 2.75) is 13.8 Å². The minimum Gasteiger partial charge on any atom is -0.504 e. The number of amides is 3. The predicted molar refractivity (Wildman–Crippen MR) is 124 cm³/mol. The lowest BCUT2D eigenvalue weighted by molar-refractivity contribution is -0.127. The van der Waals surface area contributed by atoms with Gasteiger partial charge in [-0.15, -0.1) is 0 Å². The molecule has 3 rings (SSSR count). The highest BCUT2D eigenvalue weighted by Gasteiger charge is 2.36. The molecular formula is C21H19IN2O5S. The van der Waals surface area contributed by atoms with E-state index in [2.05, 4.69) is 5.32 Å². The first kappa shape index (κ1) is 22.2. The molecule has 9 heteroatoms. The maximum Gasteiger partial charge on any atom is 0.294 e. The van der Waals surface area contributed by atoms with Gasteiger partial charge in [0.2, 0.25) is 5.91 Å². The Balaban J connectivity index is 1.74. The zero-order chi connectivity index (χ0) is 21.8. The molecule has 0 unspecified atom stereocenters. The van der Waals surface area contributed by atoms with Crippen molar-refractivity contribution in [3.63, 3.8) is 0 Å². The van der Waals surface area contributed by atoms with Crippen molar-refractivity contribution in [3.05, 3.63) is 56.0 Å². The predicted octanol–water partition coefficient (Wildman–Crippen LogP) is 4.38. The molecular weight excluding hydrogens is 519 g/mol. The van der Waals surface area contributed by atoms with Gasteiger partial charge < -0.3 is 15.2 Å². The number of carbonyl (C=O) groups is 3. The first-order valence-electron chi connectivity index (χ1n) is 9.05. The zero-order valence-electron chi connectivity index (χ0n) is 16.3. The summed E-state index contributed by atoms with van der Waals surface area (Å²) in [4.78, 5) is 38.3. The second-order valence-electron chi connectivity index (χ2n) is 6.46. The molecule has 0 bridgehead atoms. The lowest BCUT2D eigenvalue weighted by Gasteiger charge is -2.12. The SMILES string of the molecule is CCOc1cc(C=C2SC(=O)N(CC(=O)Nc3ccc(C)cc3)C2=O)cc(I)c1O. The first-order chi connectivity index (χ1) is 14.3. The molecule has 156 valence electrons. The van der Waals surface area contributed by atoms with Crippen molar-refractivity contribution in [2.75, 3.05) is 18.5 Å². The van der Waals surface area contributed by atoms with Crippen LogP contribution < -0.4 is 10.1 Å². The molecule has 0 saturated carbocycles. The van der Waals surface area contributed by atoms with Crippen molar-refractivity contribution in [3.8, 4) is 11.5 Å². The molecule has 0 atom stereocenters. The number of ether oxygens (including phenoxy) is 1. The number of aromatic hydroxyl groups is 1. The van der Waals surface area contributed by atoms with E-state index in [0.717, 1.165) is 22.2 Å². The van der Waals surface area contributed by atoms with Crippen molar-refractivity contribution in [2.24, 2.45) is 0 Å². The van der Waals surface area contributed by atoms with Gasteiger partial charge >= 0.3 is 0 Å². The molecule has 0 radical (unpaired) electrons. The van der Waals surface area contributed by atoms with E-state index in [1.54, 1.807) is 37.3 Å². The second-order valence-corrected chi connectivity index (χ2v) is 8.62. The maximum atomic E-state index is 12.7. The summed E-state index contributed by atoms with van der Waals surface area (Å²) in [6, 6.07) is 10.5. The highest BCUT2D eigenvalue weighted by Crippen LogP contribution is 2.36. The third kappa shape index (κ3) is 5.14. The van der Waals surface area contributed by atoms with Crippen LogP contribution in [0.15, 0.2) is 41.3 Å². The van der Waals surface area contributed by atoms with Crippen LogP contribution >= 0.6 is 34.4 Å². The Morgan fingerprint density at radius 2 is 1.97 bits per heavy atom. The van der Waals surface area contributed by atoms with E-state index in [9.17, 15) is 19.5 Å². The monoisotopic (exact) mass is 538 g/mol. The molecule has 2 aromatic rings. The molecule has 0 aliphatic carbocycles. The fraction of sp³-hybridized carbons (Fsp3) is 0.190. The van der Waals surface area contributed by atoms with Crippen LogP contribution in [0.2, 0.25) is 0 Å². The standard InChI is InChI=1S/C21H19IN2O5S/c1-3-29-16-9-13(8-15(22)19(16)26)10-17-20(27)24(21(28)30-17)11-18(25)23-14-6-4-12(2)5-7-14/h4-10,26H,3,11H2,1-2H3,(H,23,25). The van der Waals surface area contributed by atoms with E-state index in [1.807, 2.05) is 41.6 Å². The van der Waals surface area contributed by atoms with Gasteiger partial charge in [0.15, 0.2) is 11.5 Å². The molecule has 1 heterocycles. The lowest BCUT2D eigenvalue weighted by Crippen LogP contribution is -2.36. The van der Waals surface area contributed by atoms with Crippen molar-refractivity contribution in [1.29, 1.82) is 0 Å². The van der Waals surface area contributed by atoms with Crippen molar-refractivity contribution < 1.29 is 24.2 Å². The average Bonchev–Trinajstić information content (AvgIpc) is 2.95. The number of anilines is 1. The van der Waals surface area contributed by atoms with Crippen LogP contribution in [0.3, 0.4) is 0 Å². The van der Waals surface area contributed by atoms with Crippen LogP contribution in [0.4, 0.5) is 10.5 Å². The van der Waals surface area contributed by atoms with E-state index < -0.39 is 17.1 Å². The Labute approximate surface area is 191 Å². The number of hydrogen-bond acceptors (Lipinski definition) is 6. The highest BCUT2D eigenvalue weighted by molar-refractivity contribution is 14.1. The Bertz CT molecular complexity index is 1040. The first-order valence-corrected chi connectivity index (χ1v) is 10.9. The van der Waals surface area contributed by atoms with E-state index in [0.29, 0.717) is 27.2 Å². The minimum absolute atomic E-state index is 0.0236. The quantitative estimate of drug-likeness (QED) is 0.419. The lowest BCUT2D eigenvalue weighted by atomic mass is 10.2. The molecule has 3 amide bonds. The van der Waals surface area contributed by atoms with Gasteiger partial charge in [-0.05, 0) is 84.1 Å². The van der Waals surface area contributed by atoms with E-state index in [-0.39, 0.29) is 17.2 Å². The molecule has 0 spiro atoms. The number of hydrogen-bond donors (Lipinski definition) is 2. The largest absolute Gasteiger partial charge is 0.504 e. The molecule has 1 aliphatic rings. The topological polar surface area (TPSA) is 95.9 Å². The molecule has 0 aromatic heterocycles. The summed E-state index contributed by atoms with van der Waals surface area (Å²) in [5.41, 5.74) is 2.26. The third-order valence-electron chi connectivity index (χ3n) is 4.16. The molecule has 1 saturated heterocycles. The molecule has 30 heavy (non-hydrogen) atoms. The number of nitrogens with one attached hydrogen (secondary N) is 1. The van der Waals surface area contributed by atoms with Gasteiger partial charge in [0, 0.05) is 5.69 Å². The van der Waals surface area contributed by atoms with Crippen LogP contribution in [0.5, 0.6) is 11.5 Å². The molecule has 1 aliphatic heterocycles. The molecule has 2 N–H and O–H groups in total. The Morgan fingerprint density at radius 3 is 2.63 bits per heavy atom. The van der Waals surface area contributed by atoms with Gasteiger partial charge in [-0.1, -0.05) is 17.7 Å². The van der Waals surface area contributed by atoms with E-state index >= 15 is 0 Å². The molecule has 1 fully saturated rings. The van der Waals surface area contributed by atoms with Gasteiger partial charge in [-0.3, -0.25) is 19.3 Å². The summed E-state index contributed by atoms with van der Waals surface area (Å²) in [6.07, 6.45) is 1.55. The summed E-state index contributed by atoms with van der Waals surface area (Å²) < 4.78 is 5.96. The Kier molecular flexibility index (Phi) is 7.03. The van der Waals surface area contributed by atoms with Crippen LogP contribution in [-0.2, 0) is 9.59 Å². The highest BCUT2D eigenvalue weighted by atomic mass is 127. The number of phenols is 1. The fourth-order valence-electron chi connectivity index (χ4n) is 2.71. The summed E-state index contributed by atoms with van der Waals surface area (Å²) >= 11 is 2.73. The van der Waals surface area contributed by atoms with Crippen LogP contribution in [-0.4, -0.2) is 40.2 Å². The Morgan fingerprint density at radius 1 is 1.27 bits per heavy atom. The van der Waals surface area contributed by atoms with Crippen LogP contribution in [0.25, 0.3) is 6.08 Å². The smallest absolute Gasteiger partial charge is 0.294 e. The number of rotatable bonds is 6. The molecule has 2 aromatic carbocycles. The average molecular weight is 538 g/mol. The number of aryl methyl sites for hydroxylation is 1. The number of halogens is 1. The number of benzene rings is 2. The number of carbonyl (C=O) groups excluding carboxylic acids is 3. The normalized spacial score (nSPS) is 15.0. The number of phenolic OH excluding ortho intramolecular Hbond substituents is 1. The van der Waals surface area contributed by atoms with Crippen LogP contribution in [0.1, 0.15) is 18.1 Å². The summed E-state index contributed by atoms with van der Waals surface area (Å²) in [5, 5.41) is 12.2. The maximum absolute atomic E-state index is 12.7. The second kappa shape index (κ2) is 9.52. The van der Waals surface area contributed by atoms with Gasteiger partial charge in [-0.25, -0.2) is 0 Å². The van der Waals surface area contributed by atoms with Crippen molar-refractivity contribution >= 4 is 63.2 Å². The number of nitrogens with zero attached hydrogens (tertiary/aromatic N) is 1. The van der Waals surface area contributed by atoms with Gasteiger partial charge in [0.25, 0.3) is 11.1 Å². The zero-order valence-corrected chi connectivity index (χ0v) is 19.2. The number of thioether (sulfide) groups is 1. The summed E-state index contributed by atoms with van der Waals surface area (Å²) in [7, 11) is 0.